The molecule has 8 heteroatoms. The molecule has 0 spiro atoms. The summed E-state index contributed by atoms with van der Waals surface area (Å²) in [6, 6.07) is 10.5. The fourth-order valence-corrected chi connectivity index (χ4v) is 2.67. The van der Waals surface area contributed by atoms with Crippen LogP contribution in [0, 0.1) is 5.82 Å². The number of halogens is 1. The molecule has 134 valence electrons. The normalized spacial score (nSPS) is 10.2. The van der Waals surface area contributed by atoms with Crippen molar-refractivity contribution >= 4 is 22.9 Å². The quantitative estimate of drug-likeness (QED) is 0.619. The van der Waals surface area contributed by atoms with Gasteiger partial charge in [-0.2, -0.15) is 0 Å². The van der Waals surface area contributed by atoms with E-state index in [0.29, 0.717) is 29.4 Å². The Balaban J connectivity index is 1.63. The first kappa shape index (κ1) is 17.7. The van der Waals surface area contributed by atoms with Crippen LogP contribution in [0.3, 0.4) is 0 Å². The molecule has 0 saturated heterocycles. The molecular formula is C18H16FN3O3S. The number of thiazole rings is 1. The van der Waals surface area contributed by atoms with Gasteiger partial charge in [0.15, 0.2) is 11.5 Å². The van der Waals surface area contributed by atoms with Gasteiger partial charge in [0.05, 0.1) is 24.0 Å². The van der Waals surface area contributed by atoms with Gasteiger partial charge < -0.3 is 9.47 Å². The van der Waals surface area contributed by atoms with Gasteiger partial charge in [0, 0.05) is 10.9 Å². The number of anilines is 1. The molecule has 26 heavy (non-hydrogen) atoms. The Bertz CT molecular complexity index is 870. The third-order valence-corrected chi connectivity index (χ3v) is 4.08. The molecule has 0 aliphatic carbocycles. The highest BCUT2D eigenvalue weighted by atomic mass is 32.1. The van der Waals surface area contributed by atoms with Crippen molar-refractivity contribution in [2.24, 2.45) is 0 Å². The molecule has 6 nitrogen and oxygen atoms in total. The number of hydrogen-bond acceptors (Lipinski definition) is 6. The molecule has 0 aliphatic rings. The molecule has 3 rings (SSSR count). The highest BCUT2D eigenvalue weighted by Crippen LogP contribution is 2.28. The van der Waals surface area contributed by atoms with E-state index >= 15 is 0 Å². The molecule has 2 N–H and O–H groups in total. The van der Waals surface area contributed by atoms with Crippen molar-refractivity contribution in [2.75, 3.05) is 12.5 Å². The van der Waals surface area contributed by atoms with E-state index in [0.717, 1.165) is 5.69 Å². The van der Waals surface area contributed by atoms with E-state index in [9.17, 15) is 9.18 Å². The van der Waals surface area contributed by atoms with E-state index < -0.39 is 0 Å². The van der Waals surface area contributed by atoms with Gasteiger partial charge in [-0.25, -0.2) is 9.37 Å². The van der Waals surface area contributed by atoms with E-state index in [4.69, 9.17) is 9.47 Å². The van der Waals surface area contributed by atoms with Crippen LogP contribution in [0.5, 0.6) is 11.5 Å². The van der Waals surface area contributed by atoms with Gasteiger partial charge in [0.25, 0.3) is 5.91 Å². The SMILES string of the molecule is COc1cc(C(=O)NNc2ccc(F)cc2)ccc1OCc1cscn1. The molecule has 0 bridgehead atoms. The monoisotopic (exact) mass is 373 g/mol. The molecule has 0 atom stereocenters. The zero-order valence-electron chi connectivity index (χ0n) is 13.9. The number of aromatic nitrogens is 1. The Morgan fingerprint density at radius 2 is 2.00 bits per heavy atom. The summed E-state index contributed by atoms with van der Waals surface area (Å²) in [6.07, 6.45) is 0. The van der Waals surface area contributed by atoms with Gasteiger partial charge in [0.2, 0.25) is 0 Å². The van der Waals surface area contributed by atoms with Gasteiger partial charge >= 0.3 is 0 Å². The lowest BCUT2D eigenvalue weighted by Crippen LogP contribution is -2.29. The average molecular weight is 373 g/mol. The van der Waals surface area contributed by atoms with E-state index in [2.05, 4.69) is 15.8 Å². The second kappa shape index (κ2) is 8.30. The van der Waals surface area contributed by atoms with Crippen LogP contribution < -0.4 is 20.3 Å². The zero-order valence-corrected chi connectivity index (χ0v) is 14.7. The highest BCUT2D eigenvalue weighted by molar-refractivity contribution is 7.07. The summed E-state index contributed by atoms with van der Waals surface area (Å²) < 4.78 is 23.9. The summed E-state index contributed by atoms with van der Waals surface area (Å²) in [5, 5.41) is 1.90. The molecule has 0 fully saturated rings. The number of carbonyl (C=O) groups is 1. The fraction of sp³-hybridized carbons (Fsp3) is 0.111. The van der Waals surface area contributed by atoms with Crippen molar-refractivity contribution in [1.29, 1.82) is 0 Å². The first-order valence-electron chi connectivity index (χ1n) is 7.65. The van der Waals surface area contributed by atoms with E-state index in [1.165, 1.54) is 42.7 Å². The lowest BCUT2D eigenvalue weighted by Gasteiger charge is -2.12. The van der Waals surface area contributed by atoms with E-state index in [1.54, 1.807) is 23.7 Å². The predicted octanol–water partition coefficient (Wildman–Crippen LogP) is 3.63. The first-order chi connectivity index (χ1) is 12.7. The minimum absolute atomic E-state index is 0.317. The Morgan fingerprint density at radius 1 is 1.19 bits per heavy atom. The number of methoxy groups -OCH3 is 1. The molecule has 0 aliphatic heterocycles. The van der Waals surface area contributed by atoms with Crippen LogP contribution in [-0.4, -0.2) is 18.0 Å². The number of hydrogen-bond donors (Lipinski definition) is 2. The van der Waals surface area contributed by atoms with Gasteiger partial charge in [-0.05, 0) is 42.5 Å². The van der Waals surface area contributed by atoms with Crippen LogP contribution in [0.2, 0.25) is 0 Å². The predicted molar refractivity (Wildman–Crippen MR) is 96.9 cm³/mol. The smallest absolute Gasteiger partial charge is 0.269 e. The Morgan fingerprint density at radius 3 is 2.69 bits per heavy atom. The maximum absolute atomic E-state index is 12.9. The molecular weight excluding hydrogens is 357 g/mol. The second-order valence-electron chi connectivity index (χ2n) is 5.22. The van der Waals surface area contributed by atoms with Crippen molar-refractivity contribution in [3.63, 3.8) is 0 Å². The van der Waals surface area contributed by atoms with E-state index in [-0.39, 0.29) is 11.7 Å². The number of rotatable bonds is 7. The third kappa shape index (κ3) is 4.48. The van der Waals surface area contributed by atoms with Crippen LogP contribution in [0.25, 0.3) is 0 Å². The summed E-state index contributed by atoms with van der Waals surface area (Å²) in [6.45, 7) is 0.317. The lowest BCUT2D eigenvalue weighted by molar-refractivity contribution is 0.0962. The van der Waals surface area contributed by atoms with Crippen molar-refractivity contribution in [1.82, 2.24) is 10.4 Å². The largest absolute Gasteiger partial charge is 0.493 e. The fourth-order valence-electron chi connectivity index (χ4n) is 2.12. The summed E-state index contributed by atoms with van der Waals surface area (Å²) in [7, 11) is 1.50. The van der Waals surface area contributed by atoms with Crippen molar-refractivity contribution in [3.8, 4) is 11.5 Å². The molecule has 0 radical (unpaired) electrons. The number of benzene rings is 2. The maximum atomic E-state index is 12.9. The van der Waals surface area contributed by atoms with Crippen LogP contribution in [0.15, 0.2) is 53.4 Å². The molecule has 0 unspecified atom stereocenters. The summed E-state index contributed by atoms with van der Waals surface area (Å²) >= 11 is 1.49. The average Bonchev–Trinajstić information content (AvgIpc) is 3.19. The number of carbonyl (C=O) groups excluding carboxylic acids is 1. The van der Waals surface area contributed by atoms with Crippen molar-refractivity contribution in [2.45, 2.75) is 6.61 Å². The summed E-state index contributed by atoms with van der Waals surface area (Å²) in [5.41, 5.74) is 8.77. The van der Waals surface area contributed by atoms with Gasteiger partial charge in [0.1, 0.15) is 12.4 Å². The first-order valence-corrected chi connectivity index (χ1v) is 8.60. The Hall–Kier alpha value is -3.13. The number of nitrogens with zero attached hydrogens (tertiary/aromatic N) is 1. The van der Waals surface area contributed by atoms with Crippen molar-refractivity contribution < 1.29 is 18.7 Å². The molecule has 1 heterocycles. The van der Waals surface area contributed by atoms with Gasteiger partial charge in [-0.15, -0.1) is 11.3 Å². The standard InChI is InChI=1S/C18H16FN3O3S/c1-24-17-8-12(2-7-16(17)25-9-15-10-26-11-20-15)18(23)22-21-14-5-3-13(19)4-6-14/h2-8,10-11,21H,9H2,1H3,(H,22,23). The number of hydrazine groups is 1. The summed E-state index contributed by atoms with van der Waals surface area (Å²) in [4.78, 5) is 16.4. The van der Waals surface area contributed by atoms with Crippen LogP contribution in [0.1, 0.15) is 16.1 Å². The van der Waals surface area contributed by atoms with Crippen molar-refractivity contribution in [3.05, 3.63) is 70.4 Å². The Kier molecular flexibility index (Phi) is 5.65. The van der Waals surface area contributed by atoms with Crippen LogP contribution >= 0.6 is 11.3 Å². The van der Waals surface area contributed by atoms with Gasteiger partial charge in [-0.1, -0.05) is 0 Å². The molecule has 1 amide bonds. The molecule has 1 aromatic heterocycles. The number of ether oxygens (including phenoxy) is 2. The maximum Gasteiger partial charge on any atom is 0.269 e. The minimum atomic E-state index is -0.362. The number of nitrogens with one attached hydrogen (secondary N) is 2. The minimum Gasteiger partial charge on any atom is -0.493 e. The van der Waals surface area contributed by atoms with Gasteiger partial charge in [-0.3, -0.25) is 15.6 Å². The molecule has 3 aromatic rings. The number of amides is 1. The summed E-state index contributed by atoms with van der Waals surface area (Å²) in [5.74, 6) is 0.247. The van der Waals surface area contributed by atoms with Crippen LogP contribution in [-0.2, 0) is 6.61 Å². The van der Waals surface area contributed by atoms with Crippen LogP contribution in [0.4, 0.5) is 10.1 Å². The zero-order chi connectivity index (χ0) is 18.4. The second-order valence-corrected chi connectivity index (χ2v) is 5.94. The molecule has 2 aromatic carbocycles. The highest BCUT2D eigenvalue weighted by Gasteiger charge is 2.11. The topological polar surface area (TPSA) is 72.5 Å². The van der Waals surface area contributed by atoms with E-state index in [1.807, 2.05) is 5.38 Å². The molecule has 0 saturated carbocycles. The Labute approximate surface area is 153 Å². The third-order valence-electron chi connectivity index (χ3n) is 3.45. The lowest BCUT2D eigenvalue weighted by atomic mass is 10.2.